The fraction of sp³-hybridized carbons (Fsp3) is 0.733. The fourth-order valence-corrected chi connectivity index (χ4v) is 5.19. The van der Waals surface area contributed by atoms with Crippen LogP contribution in [0, 0.1) is 17.3 Å². The SMILES string of the molecule is CC(C)[C@@]12CCC[C@H]1[C@@H]1C=C[C@@H]2n2c(=O)n(C)c(=O)n21. The molecule has 5 heteroatoms. The normalized spacial score (nSPS) is 37.5. The quantitative estimate of drug-likeness (QED) is 0.728. The monoisotopic (exact) mass is 275 g/mol. The van der Waals surface area contributed by atoms with E-state index in [9.17, 15) is 9.59 Å². The van der Waals surface area contributed by atoms with Crippen LogP contribution in [0.25, 0.3) is 0 Å². The highest BCUT2D eigenvalue weighted by atomic mass is 16.2. The van der Waals surface area contributed by atoms with E-state index in [1.165, 1.54) is 17.4 Å². The molecule has 1 saturated carbocycles. The zero-order chi connectivity index (χ0) is 14.2. The second kappa shape index (κ2) is 3.57. The fourth-order valence-electron chi connectivity index (χ4n) is 5.19. The number of aromatic nitrogens is 3. The van der Waals surface area contributed by atoms with E-state index in [1.807, 2.05) is 0 Å². The Kier molecular flexibility index (Phi) is 2.18. The molecule has 1 aromatic heterocycles. The van der Waals surface area contributed by atoms with Crippen molar-refractivity contribution in [2.24, 2.45) is 24.3 Å². The predicted octanol–water partition coefficient (Wildman–Crippen LogP) is 1.46. The summed E-state index contributed by atoms with van der Waals surface area (Å²) in [6.07, 6.45) is 7.86. The van der Waals surface area contributed by atoms with Crippen molar-refractivity contribution in [3.05, 3.63) is 33.1 Å². The lowest BCUT2D eigenvalue weighted by molar-refractivity contribution is -0.0189. The van der Waals surface area contributed by atoms with Crippen LogP contribution in [0.4, 0.5) is 0 Å². The minimum absolute atomic E-state index is 0.0430. The molecule has 2 aliphatic heterocycles. The Balaban J connectivity index is 2.06. The van der Waals surface area contributed by atoms with Gasteiger partial charge in [-0.15, -0.1) is 0 Å². The first kappa shape index (κ1) is 12.2. The van der Waals surface area contributed by atoms with E-state index in [1.54, 1.807) is 16.4 Å². The van der Waals surface area contributed by atoms with Crippen LogP contribution in [0.1, 0.15) is 45.2 Å². The Morgan fingerprint density at radius 2 is 1.90 bits per heavy atom. The predicted molar refractivity (Wildman–Crippen MR) is 75.8 cm³/mol. The van der Waals surface area contributed by atoms with E-state index in [-0.39, 0.29) is 28.9 Å². The molecular formula is C15H21N3O2. The van der Waals surface area contributed by atoms with Gasteiger partial charge in [0, 0.05) is 12.5 Å². The number of nitrogens with zero attached hydrogens (tertiary/aromatic N) is 3. The van der Waals surface area contributed by atoms with Gasteiger partial charge in [0.05, 0.1) is 12.1 Å². The molecule has 0 unspecified atom stereocenters. The van der Waals surface area contributed by atoms with Gasteiger partial charge in [-0.25, -0.2) is 23.5 Å². The van der Waals surface area contributed by atoms with E-state index >= 15 is 0 Å². The van der Waals surface area contributed by atoms with Gasteiger partial charge in [-0.1, -0.05) is 32.4 Å². The average molecular weight is 275 g/mol. The van der Waals surface area contributed by atoms with Gasteiger partial charge in [-0.05, 0) is 24.7 Å². The molecule has 20 heavy (non-hydrogen) atoms. The van der Waals surface area contributed by atoms with Gasteiger partial charge in [0.1, 0.15) is 0 Å². The lowest BCUT2D eigenvalue weighted by atomic mass is 9.59. The van der Waals surface area contributed by atoms with Crippen molar-refractivity contribution in [3.63, 3.8) is 0 Å². The highest BCUT2D eigenvalue weighted by molar-refractivity contribution is 5.21. The van der Waals surface area contributed by atoms with Crippen molar-refractivity contribution < 1.29 is 0 Å². The maximum Gasteiger partial charge on any atom is 0.347 e. The van der Waals surface area contributed by atoms with E-state index in [0.29, 0.717) is 11.8 Å². The lowest BCUT2D eigenvalue weighted by Gasteiger charge is -2.54. The standard InChI is InChI=1S/C15H21N3O2/c1-9(2)15-8-4-5-10(15)11-6-7-12(15)18-14(20)16(3)13(19)17(11)18/h6-7,9-12H,4-5,8H2,1-3H3/t10-,11-,12-,15-/m0/s1. The van der Waals surface area contributed by atoms with Crippen LogP contribution in [-0.4, -0.2) is 13.9 Å². The maximum absolute atomic E-state index is 12.4. The lowest BCUT2D eigenvalue weighted by Crippen LogP contribution is -2.55. The Bertz CT molecular complexity index is 720. The molecule has 0 saturated heterocycles. The third-order valence-corrected chi connectivity index (χ3v) is 6.09. The minimum atomic E-state index is -0.168. The molecule has 1 fully saturated rings. The summed E-state index contributed by atoms with van der Waals surface area (Å²) >= 11 is 0. The van der Waals surface area contributed by atoms with Crippen molar-refractivity contribution >= 4 is 0 Å². The van der Waals surface area contributed by atoms with Crippen molar-refractivity contribution in [2.45, 2.75) is 45.2 Å². The van der Waals surface area contributed by atoms with Gasteiger partial charge in [0.15, 0.2) is 0 Å². The summed E-state index contributed by atoms with van der Waals surface area (Å²) in [6.45, 7) is 4.53. The average Bonchev–Trinajstić information content (AvgIpc) is 2.99. The molecule has 0 spiro atoms. The van der Waals surface area contributed by atoms with Crippen LogP contribution < -0.4 is 11.4 Å². The van der Waals surface area contributed by atoms with Gasteiger partial charge in [-0.2, -0.15) is 0 Å². The molecule has 0 N–H and O–H groups in total. The van der Waals surface area contributed by atoms with Crippen LogP contribution in [0.5, 0.6) is 0 Å². The second-order valence-corrected chi connectivity index (χ2v) is 6.90. The number of hydrogen-bond donors (Lipinski definition) is 0. The summed E-state index contributed by atoms with van der Waals surface area (Å²) in [7, 11) is 1.58. The Hall–Kier alpha value is -1.52. The molecule has 0 aromatic carbocycles. The molecule has 1 aromatic rings. The molecule has 3 heterocycles. The molecule has 4 atom stereocenters. The smallest absolute Gasteiger partial charge is 0.246 e. The highest BCUT2D eigenvalue weighted by Gasteiger charge is 2.59. The number of rotatable bonds is 1. The summed E-state index contributed by atoms with van der Waals surface area (Å²) in [5.74, 6) is 1.01. The van der Waals surface area contributed by atoms with Crippen molar-refractivity contribution in [1.82, 2.24) is 13.9 Å². The van der Waals surface area contributed by atoms with E-state index < -0.39 is 0 Å². The maximum atomic E-state index is 12.4. The first-order chi connectivity index (χ1) is 9.50. The van der Waals surface area contributed by atoms with Gasteiger partial charge < -0.3 is 0 Å². The second-order valence-electron chi connectivity index (χ2n) is 6.90. The Morgan fingerprint density at radius 3 is 2.60 bits per heavy atom. The van der Waals surface area contributed by atoms with Crippen LogP contribution in [0.2, 0.25) is 0 Å². The summed E-state index contributed by atoms with van der Waals surface area (Å²) < 4.78 is 4.69. The van der Waals surface area contributed by atoms with Crippen LogP contribution in [0.3, 0.4) is 0 Å². The molecule has 2 aliphatic carbocycles. The molecule has 2 bridgehead atoms. The van der Waals surface area contributed by atoms with Crippen molar-refractivity contribution in [3.8, 4) is 0 Å². The molecule has 5 rings (SSSR count). The zero-order valence-electron chi connectivity index (χ0n) is 12.2. The Morgan fingerprint density at radius 1 is 1.20 bits per heavy atom. The summed E-state index contributed by atoms with van der Waals surface area (Å²) in [4.78, 5) is 24.8. The van der Waals surface area contributed by atoms with Gasteiger partial charge in [-0.3, -0.25) is 0 Å². The number of allylic oxidation sites excluding steroid dienone is 2. The van der Waals surface area contributed by atoms with Crippen LogP contribution >= 0.6 is 0 Å². The van der Waals surface area contributed by atoms with Crippen LogP contribution in [0.15, 0.2) is 21.7 Å². The molecule has 108 valence electrons. The summed E-state index contributed by atoms with van der Waals surface area (Å²) in [5.41, 5.74) is -0.185. The number of hydrogen-bond acceptors (Lipinski definition) is 2. The Labute approximate surface area is 117 Å². The third-order valence-electron chi connectivity index (χ3n) is 6.09. The molecule has 4 aliphatic rings. The van der Waals surface area contributed by atoms with Crippen molar-refractivity contribution in [2.75, 3.05) is 0 Å². The first-order valence-corrected chi connectivity index (χ1v) is 7.58. The topological polar surface area (TPSA) is 48.9 Å². The molecule has 0 amide bonds. The van der Waals surface area contributed by atoms with E-state index in [4.69, 9.17) is 0 Å². The zero-order valence-corrected chi connectivity index (χ0v) is 12.2. The van der Waals surface area contributed by atoms with Crippen molar-refractivity contribution in [1.29, 1.82) is 0 Å². The minimum Gasteiger partial charge on any atom is -0.246 e. The van der Waals surface area contributed by atoms with Crippen LogP contribution in [-0.2, 0) is 7.05 Å². The van der Waals surface area contributed by atoms with Gasteiger partial charge >= 0.3 is 11.4 Å². The first-order valence-electron chi connectivity index (χ1n) is 7.58. The molecule has 5 nitrogen and oxygen atoms in total. The molecule has 0 radical (unpaired) electrons. The van der Waals surface area contributed by atoms with Gasteiger partial charge in [0.25, 0.3) is 0 Å². The summed E-state index contributed by atoms with van der Waals surface area (Å²) in [6, 6.07) is 0.104. The van der Waals surface area contributed by atoms with E-state index in [0.717, 1.165) is 6.42 Å². The van der Waals surface area contributed by atoms with E-state index in [2.05, 4.69) is 26.0 Å². The van der Waals surface area contributed by atoms with Gasteiger partial charge in [0.2, 0.25) is 0 Å². The largest absolute Gasteiger partial charge is 0.347 e. The highest BCUT2D eigenvalue weighted by Crippen LogP contribution is 2.63. The molecular weight excluding hydrogens is 254 g/mol. The summed E-state index contributed by atoms with van der Waals surface area (Å²) in [5, 5.41) is 0. The third kappa shape index (κ3) is 1.08.